The minimum absolute atomic E-state index is 0.0886. The summed E-state index contributed by atoms with van der Waals surface area (Å²) in [5, 5.41) is 9.18. The first-order chi connectivity index (χ1) is 13.0. The molecule has 7 nitrogen and oxygen atoms in total. The van der Waals surface area contributed by atoms with Crippen molar-refractivity contribution < 1.29 is 18.7 Å². The molecular formula is C19H22ClN3O4. The highest BCUT2D eigenvalue weighted by atomic mass is 35.5. The summed E-state index contributed by atoms with van der Waals surface area (Å²) in [7, 11) is 1.60. The van der Waals surface area contributed by atoms with Gasteiger partial charge in [-0.05, 0) is 56.3 Å². The molecule has 0 unspecified atom stereocenters. The summed E-state index contributed by atoms with van der Waals surface area (Å²) in [6, 6.07) is 8.14. The van der Waals surface area contributed by atoms with Gasteiger partial charge in [0.05, 0.1) is 29.0 Å². The minimum atomic E-state index is -0.557. The smallest absolute Gasteiger partial charge is 0.291 e. The van der Waals surface area contributed by atoms with Crippen LogP contribution >= 0.6 is 11.6 Å². The fourth-order valence-electron chi connectivity index (χ4n) is 3.17. The molecule has 3 N–H and O–H groups in total. The van der Waals surface area contributed by atoms with Crippen molar-refractivity contribution in [2.24, 2.45) is 5.41 Å². The highest BCUT2D eigenvalue weighted by Crippen LogP contribution is 2.32. The molecular weight excluding hydrogens is 370 g/mol. The number of hydrogen-bond donors (Lipinski definition) is 3. The Morgan fingerprint density at radius 1 is 1.26 bits per heavy atom. The number of furan rings is 1. The Labute approximate surface area is 162 Å². The summed E-state index contributed by atoms with van der Waals surface area (Å²) in [6.07, 6.45) is 2.83. The molecule has 1 saturated heterocycles. The lowest BCUT2D eigenvalue weighted by molar-refractivity contribution is -0.130. The second-order valence-corrected chi connectivity index (χ2v) is 6.95. The predicted molar refractivity (Wildman–Crippen MR) is 103 cm³/mol. The van der Waals surface area contributed by atoms with Crippen LogP contribution in [0, 0.1) is 5.41 Å². The van der Waals surface area contributed by atoms with Gasteiger partial charge in [-0.2, -0.15) is 0 Å². The van der Waals surface area contributed by atoms with Gasteiger partial charge < -0.3 is 25.1 Å². The summed E-state index contributed by atoms with van der Waals surface area (Å²) < 4.78 is 10.4. The van der Waals surface area contributed by atoms with E-state index in [1.807, 2.05) is 0 Å². The highest BCUT2D eigenvalue weighted by molar-refractivity contribution is 6.34. The molecule has 144 valence electrons. The Morgan fingerprint density at radius 3 is 2.67 bits per heavy atom. The Morgan fingerprint density at radius 2 is 2.04 bits per heavy atom. The normalized spacial score (nSPS) is 15.9. The molecule has 2 amide bonds. The number of ether oxygens (including phenoxy) is 1. The van der Waals surface area contributed by atoms with E-state index in [9.17, 15) is 9.59 Å². The van der Waals surface area contributed by atoms with E-state index in [4.69, 9.17) is 20.8 Å². The van der Waals surface area contributed by atoms with Crippen LogP contribution in [0.15, 0.2) is 41.0 Å². The van der Waals surface area contributed by atoms with Crippen molar-refractivity contribution >= 4 is 34.8 Å². The molecule has 1 aliphatic heterocycles. The lowest BCUT2D eigenvalue weighted by atomic mass is 9.78. The summed E-state index contributed by atoms with van der Waals surface area (Å²) in [5.41, 5.74) is 0.443. The molecule has 2 aromatic rings. The van der Waals surface area contributed by atoms with E-state index in [0.29, 0.717) is 35.8 Å². The van der Waals surface area contributed by atoms with Crippen molar-refractivity contribution in [3.8, 4) is 0 Å². The molecule has 8 heteroatoms. The van der Waals surface area contributed by atoms with E-state index < -0.39 is 11.3 Å². The number of nitrogens with one attached hydrogen (secondary N) is 3. The van der Waals surface area contributed by atoms with Gasteiger partial charge in [0, 0.05) is 12.8 Å². The van der Waals surface area contributed by atoms with Gasteiger partial charge in [0.25, 0.3) is 5.91 Å². The van der Waals surface area contributed by atoms with Gasteiger partial charge in [0.2, 0.25) is 5.91 Å². The van der Waals surface area contributed by atoms with E-state index >= 15 is 0 Å². The van der Waals surface area contributed by atoms with Gasteiger partial charge in [0.15, 0.2) is 5.76 Å². The molecule has 27 heavy (non-hydrogen) atoms. The first-order valence-corrected chi connectivity index (χ1v) is 9.07. The minimum Gasteiger partial charge on any atom is -0.459 e. The molecule has 0 radical (unpaired) electrons. The fraction of sp³-hybridized carbons (Fsp3) is 0.368. The number of carbonyl (C=O) groups is 2. The Bertz CT molecular complexity index is 796. The second kappa shape index (κ2) is 8.56. The Kier molecular flexibility index (Phi) is 6.15. The third-order valence-electron chi connectivity index (χ3n) is 4.68. The van der Waals surface area contributed by atoms with Crippen LogP contribution in [0.3, 0.4) is 0 Å². The summed E-state index contributed by atoms with van der Waals surface area (Å²) in [6.45, 7) is 1.91. The van der Waals surface area contributed by atoms with E-state index in [-0.39, 0.29) is 11.7 Å². The molecule has 0 spiro atoms. The first kappa shape index (κ1) is 19.4. The molecule has 0 atom stereocenters. The van der Waals surface area contributed by atoms with E-state index in [0.717, 1.165) is 13.1 Å². The van der Waals surface area contributed by atoms with Crippen LogP contribution in [0.25, 0.3) is 0 Å². The van der Waals surface area contributed by atoms with Gasteiger partial charge in [-0.3, -0.25) is 9.59 Å². The quantitative estimate of drug-likeness (QED) is 0.703. The average Bonchev–Trinajstić information content (AvgIpc) is 3.20. The van der Waals surface area contributed by atoms with E-state index in [1.165, 1.54) is 6.26 Å². The molecule has 0 aliphatic carbocycles. The first-order valence-electron chi connectivity index (χ1n) is 8.70. The maximum atomic E-state index is 12.9. The third kappa shape index (κ3) is 4.50. The summed E-state index contributed by atoms with van der Waals surface area (Å²) in [4.78, 5) is 24.9. The van der Waals surface area contributed by atoms with Crippen LogP contribution in [0.1, 0.15) is 23.4 Å². The van der Waals surface area contributed by atoms with Crippen molar-refractivity contribution in [2.45, 2.75) is 12.8 Å². The zero-order valence-corrected chi connectivity index (χ0v) is 15.8. The van der Waals surface area contributed by atoms with Gasteiger partial charge in [-0.25, -0.2) is 0 Å². The lowest BCUT2D eigenvalue weighted by Crippen LogP contribution is -2.47. The van der Waals surface area contributed by atoms with E-state index in [2.05, 4.69) is 16.0 Å². The number of amides is 2. The summed E-state index contributed by atoms with van der Waals surface area (Å²) >= 11 is 6.27. The third-order valence-corrected chi connectivity index (χ3v) is 5.00. The monoisotopic (exact) mass is 391 g/mol. The van der Waals surface area contributed by atoms with Crippen LogP contribution in [-0.4, -0.2) is 38.6 Å². The van der Waals surface area contributed by atoms with Crippen LogP contribution in [0.5, 0.6) is 0 Å². The second-order valence-electron chi connectivity index (χ2n) is 6.54. The van der Waals surface area contributed by atoms with E-state index in [1.54, 1.807) is 37.4 Å². The highest BCUT2D eigenvalue weighted by Gasteiger charge is 2.39. The van der Waals surface area contributed by atoms with Crippen LogP contribution in [0.2, 0.25) is 5.02 Å². The molecule has 1 aliphatic rings. The molecule has 0 saturated carbocycles. The number of rotatable bonds is 6. The van der Waals surface area contributed by atoms with Gasteiger partial charge in [-0.1, -0.05) is 11.6 Å². The van der Waals surface area contributed by atoms with Crippen LogP contribution in [0.4, 0.5) is 11.4 Å². The number of methoxy groups -OCH3 is 1. The summed E-state index contributed by atoms with van der Waals surface area (Å²) in [5.74, 6) is -0.294. The molecule has 1 fully saturated rings. The predicted octanol–water partition coefficient (Wildman–Crippen LogP) is 3.14. The van der Waals surface area contributed by atoms with Crippen LogP contribution < -0.4 is 16.0 Å². The SMILES string of the molecule is COCC1(C(=O)Nc2ccc(NC(=O)c3ccco3)c(Cl)c2)CCNCC1. The van der Waals surface area contributed by atoms with Crippen molar-refractivity contribution in [1.82, 2.24) is 5.32 Å². The Hall–Kier alpha value is -2.35. The molecule has 1 aromatic heterocycles. The molecule has 1 aromatic carbocycles. The van der Waals surface area contributed by atoms with Gasteiger partial charge in [0.1, 0.15) is 0 Å². The zero-order chi connectivity index (χ0) is 19.3. The zero-order valence-electron chi connectivity index (χ0n) is 15.0. The van der Waals surface area contributed by atoms with Crippen LogP contribution in [-0.2, 0) is 9.53 Å². The van der Waals surface area contributed by atoms with Gasteiger partial charge >= 0.3 is 0 Å². The standard InChI is InChI=1S/C19H22ClN3O4/c1-26-12-19(6-8-21-9-7-19)18(25)22-13-4-5-15(14(20)11-13)23-17(24)16-3-2-10-27-16/h2-5,10-11,21H,6-9,12H2,1H3,(H,22,25)(H,23,24). The average molecular weight is 392 g/mol. The molecule has 3 rings (SSSR count). The topological polar surface area (TPSA) is 92.6 Å². The number of carbonyl (C=O) groups excluding carboxylic acids is 2. The maximum absolute atomic E-state index is 12.9. The molecule has 0 bridgehead atoms. The van der Waals surface area contributed by atoms with Crippen molar-refractivity contribution in [3.05, 3.63) is 47.4 Å². The number of benzene rings is 1. The number of hydrogen-bond acceptors (Lipinski definition) is 5. The van der Waals surface area contributed by atoms with Gasteiger partial charge in [-0.15, -0.1) is 0 Å². The fourth-order valence-corrected chi connectivity index (χ4v) is 3.40. The lowest BCUT2D eigenvalue weighted by Gasteiger charge is -2.35. The number of anilines is 2. The Balaban J connectivity index is 1.69. The number of halogens is 1. The van der Waals surface area contributed by atoms with Crippen molar-refractivity contribution in [3.63, 3.8) is 0 Å². The molecule has 2 heterocycles. The van der Waals surface area contributed by atoms with Crippen molar-refractivity contribution in [2.75, 3.05) is 37.4 Å². The van der Waals surface area contributed by atoms with Crippen molar-refractivity contribution in [1.29, 1.82) is 0 Å². The largest absolute Gasteiger partial charge is 0.459 e. The number of piperidine rings is 1. The maximum Gasteiger partial charge on any atom is 0.291 e.